The van der Waals surface area contributed by atoms with Crippen LogP contribution in [0.2, 0.25) is 0 Å². The molecular formula is C17H22O4S. The van der Waals surface area contributed by atoms with Crippen LogP contribution in [0.5, 0.6) is 0 Å². The highest BCUT2D eigenvalue weighted by molar-refractivity contribution is 7.85. The zero-order chi connectivity index (χ0) is 15.7. The summed E-state index contributed by atoms with van der Waals surface area (Å²) in [7, 11) is 0.406. The minimum Gasteiger partial charge on any atom is -0.478 e. The molecule has 0 aliphatic heterocycles. The van der Waals surface area contributed by atoms with E-state index < -0.39 is 16.8 Å². The topological polar surface area (TPSA) is 63.6 Å². The van der Waals surface area contributed by atoms with Gasteiger partial charge in [-0.1, -0.05) is 12.5 Å². The van der Waals surface area contributed by atoms with Gasteiger partial charge in [-0.3, -0.25) is 4.21 Å². The summed E-state index contributed by atoms with van der Waals surface area (Å²) in [5.41, 5.74) is 2.30. The quantitative estimate of drug-likeness (QED) is 0.837. The third kappa shape index (κ3) is 2.97. The number of hydrogen-bond acceptors (Lipinski definition) is 3. The van der Waals surface area contributed by atoms with Crippen molar-refractivity contribution in [3.05, 3.63) is 28.8 Å². The molecule has 1 atom stereocenters. The fourth-order valence-electron chi connectivity index (χ4n) is 3.14. The van der Waals surface area contributed by atoms with Crippen molar-refractivity contribution < 1.29 is 18.8 Å². The molecule has 120 valence electrons. The molecule has 0 amide bonds. The van der Waals surface area contributed by atoms with E-state index in [4.69, 9.17) is 4.74 Å². The average molecular weight is 322 g/mol. The molecule has 1 aromatic carbocycles. The number of aromatic carboxylic acids is 1. The maximum atomic E-state index is 12.8. The van der Waals surface area contributed by atoms with Crippen LogP contribution in [0.1, 0.15) is 65.4 Å². The maximum absolute atomic E-state index is 12.8. The second kappa shape index (κ2) is 6.50. The van der Waals surface area contributed by atoms with Gasteiger partial charge in [0.2, 0.25) is 0 Å². The van der Waals surface area contributed by atoms with Crippen molar-refractivity contribution in [2.24, 2.45) is 0 Å². The molecule has 0 unspecified atom stereocenters. The Kier molecular flexibility index (Phi) is 4.64. The first kappa shape index (κ1) is 15.7. The van der Waals surface area contributed by atoms with Crippen molar-refractivity contribution in [2.45, 2.75) is 48.8 Å². The molecule has 5 heteroatoms. The van der Waals surface area contributed by atoms with Crippen LogP contribution in [0.3, 0.4) is 0 Å². The highest BCUT2D eigenvalue weighted by Crippen LogP contribution is 2.48. The second-order valence-electron chi connectivity index (χ2n) is 6.19. The molecule has 0 saturated heterocycles. The number of carboxylic acid groups (broad SMARTS) is 1. The van der Waals surface area contributed by atoms with Crippen LogP contribution < -0.4 is 0 Å². The van der Waals surface area contributed by atoms with Gasteiger partial charge in [-0.2, -0.15) is 0 Å². The van der Waals surface area contributed by atoms with Crippen molar-refractivity contribution in [1.82, 2.24) is 0 Å². The molecule has 1 aromatic rings. The molecule has 0 spiro atoms. The van der Waals surface area contributed by atoms with Crippen LogP contribution in [-0.2, 0) is 15.5 Å². The maximum Gasteiger partial charge on any atom is 0.336 e. The first-order valence-corrected chi connectivity index (χ1v) is 9.22. The highest BCUT2D eigenvalue weighted by Gasteiger charge is 2.35. The molecule has 1 N–H and O–H groups in total. The van der Waals surface area contributed by atoms with Crippen molar-refractivity contribution in [3.8, 4) is 0 Å². The molecule has 0 aromatic heterocycles. The molecule has 0 bridgehead atoms. The Hall–Kier alpha value is -1.20. The predicted octanol–water partition coefficient (Wildman–Crippen LogP) is 3.28. The zero-order valence-electron chi connectivity index (χ0n) is 12.8. The van der Waals surface area contributed by atoms with Crippen molar-refractivity contribution >= 4 is 16.8 Å². The Labute approximate surface area is 133 Å². The Bertz CT molecular complexity index is 603. The van der Waals surface area contributed by atoms with Gasteiger partial charge in [0.15, 0.2) is 0 Å². The molecule has 3 rings (SSSR count). The summed E-state index contributed by atoms with van der Waals surface area (Å²) in [6, 6.07) is 3.62. The molecule has 2 aliphatic rings. The van der Waals surface area contributed by atoms with Crippen molar-refractivity contribution in [3.63, 3.8) is 0 Å². The lowest BCUT2D eigenvalue weighted by molar-refractivity contribution is 0.0695. The van der Waals surface area contributed by atoms with E-state index >= 15 is 0 Å². The van der Waals surface area contributed by atoms with Crippen molar-refractivity contribution in [1.29, 1.82) is 0 Å². The fraction of sp³-hybridized carbons (Fsp3) is 0.588. The van der Waals surface area contributed by atoms with E-state index in [1.54, 1.807) is 13.2 Å². The smallest absolute Gasteiger partial charge is 0.336 e. The molecular weight excluding hydrogens is 300 g/mol. The zero-order valence-corrected chi connectivity index (χ0v) is 13.7. The molecule has 0 heterocycles. The van der Waals surface area contributed by atoms with Gasteiger partial charge in [0.25, 0.3) is 0 Å². The van der Waals surface area contributed by atoms with E-state index in [0.717, 1.165) is 41.7 Å². The average Bonchev–Trinajstić information content (AvgIpc) is 3.26. The molecule has 22 heavy (non-hydrogen) atoms. The second-order valence-corrected chi connectivity index (χ2v) is 7.70. The number of carbonyl (C=O) groups is 1. The van der Waals surface area contributed by atoms with E-state index in [9.17, 15) is 14.1 Å². The predicted molar refractivity (Wildman–Crippen MR) is 85.1 cm³/mol. The summed E-state index contributed by atoms with van der Waals surface area (Å²) in [5, 5.41) is 9.50. The largest absolute Gasteiger partial charge is 0.478 e. The monoisotopic (exact) mass is 322 g/mol. The minimum atomic E-state index is -1.19. The lowest BCUT2D eigenvalue weighted by atomic mass is 9.79. The highest BCUT2D eigenvalue weighted by atomic mass is 32.2. The Morgan fingerprint density at radius 1 is 1.27 bits per heavy atom. The van der Waals surface area contributed by atoms with Gasteiger partial charge in [-0.25, -0.2) is 4.79 Å². The van der Waals surface area contributed by atoms with Crippen LogP contribution in [0.4, 0.5) is 0 Å². The third-order valence-electron chi connectivity index (χ3n) is 4.69. The van der Waals surface area contributed by atoms with Gasteiger partial charge in [-0.05, 0) is 54.7 Å². The Morgan fingerprint density at radius 2 is 2.00 bits per heavy atom. The van der Waals surface area contributed by atoms with Crippen LogP contribution in [0, 0.1) is 0 Å². The fourth-order valence-corrected chi connectivity index (χ4v) is 4.68. The van der Waals surface area contributed by atoms with Gasteiger partial charge in [-0.15, -0.1) is 0 Å². The third-order valence-corrected chi connectivity index (χ3v) is 6.14. The minimum absolute atomic E-state index is 0.271. The van der Waals surface area contributed by atoms with Crippen LogP contribution >= 0.6 is 0 Å². The first-order valence-electron chi connectivity index (χ1n) is 7.91. The summed E-state index contributed by atoms with van der Waals surface area (Å²) in [6.07, 6.45) is 5.44. The summed E-state index contributed by atoms with van der Waals surface area (Å²) in [5.74, 6) is 0.237. The van der Waals surface area contributed by atoms with E-state index in [2.05, 4.69) is 0 Å². The lowest BCUT2D eigenvalue weighted by Gasteiger charge is -2.29. The number of methoxy groups -OCH3 is 1. The molecule has 2 saturated carbocycles. The van der Waals surface area contributed by atoms with Crippen LogP contribution in [-0.4, -0.2) is 34.8 Å². The van der Waals surface area contributed by atoms with Crippen molar-refractivity contribution in [2.75, 3.05) is 19.5 Å². The van der Waals surface area contributed by atoms with E-state index in [0.29, 0.717) is 23.8 Å². The molecule has 2 aliphatic carbocycles. The lowest BCUT2D eigenvalue weighted by Crippen LogP contribution is -2.18. The summed E-state index contributed by atoms with van der Waals surface area (Å²) in [6.45, 7) is 0.429. The number of rotatable bonds is 7. The summed E-state index contributed by atoms with van der Waals surface area (Å²) in [4.78, 5) is 12.4. The Balaban J connectivity index is 2.09. The van der Waals surface area contributed by atoms with E-state index in [1.165, 1.54) is 6.42 Å². The number of hydrogen-bond donors (Lipinski definition) is 1. The van der Waals surface area contributed by atoms with E-state index in [-0.39, 0.29) is 5.92 Å². The first-order chi connectivity index (χ1) is 10.6. The standard InChI is InChI=1S/C17H22O4S/c1-21-9-10-22(20)16-13(11-3-2-4-11)7-8-14(17(18)19)15(16)12-5-6-12/h7-8,11-12H,2-6,9-10H2,1H3,(H,18,19)/t22-/m0/s1. The summed E-state index contributed by atoms with van der Waals surface area (Å²) < 4.78 is 17.9. The normalized spacial score (nSPS) is 19.7. The number of ether oxygens (including phenoxy) is 1. The van der Waals surface area contributed by atoms with Gasteiger partial charge in [0.05, 0.1) is 28.7 Å². The number of carboxylic acids is 1. The number of benzene rings is 1. The van der Waals surface area contributed by atoms with Gasteiger partial charge < -0.3 is 9.84 Å². The Morgan fingerprint density at radius 3 is 2.50 bits per heavy atom. The van der Waals surface area contributed by atoms with Gasteiger partial charge in [0, 0.05) is 12.0 Å². The molecule has 0 radical (unpaired) electrons. The van der Waals surface area contributed by atoms with Crippen LogP contribution in [0.15, 0.2) is 17.0 Å². The SMILES string of the molecule is COCC[S@](=O)c1c(C2CCC2)ccc(C(=O)O)c1C1CC1. The summed E-state index contributed by atoms with van der Waals surface area (Å²) >= 11 is 0. The molecule has 4 nitrogen and oxygen atoms in total. The van der Waals surface area contributed by atoms with Crippen LogP contribution in [0.25, 0.3) is 0 Å². The van der Waals surface area contributed by atoms with E-state index in [1.807, 2.05) is 6.07 Å². The van der Waals surface area contributed by atoms with Gasteiger partial charge in [0.1, 0.15) is 0 Å². The molecule has 2 fully saturated rings. The van der Waals surface area contributed by atoms with Gasteiger partial charge >= 0.3 is 5.97 Å².